The molecule has 1 aromatic rings. The van der Waals surface area contributed by atoms with Crippen molar-refractivity contribution in [2.24, 2.45) is 0 Å². The Hall–Kier alpha value is -1.56. The molecule has 2 N–H and O–H groups in total. The molecule has 1 rings (SSSR count). The number of aliphatic hydroxyl groups is 1. The summed E-state index contributed by atoms with van der Waals surface area (Å²) < 4.78 is 36.1. The Morgan fingerprint density at radius 3 is 2.55 bits per heavy atom. The van der Waals surface area contributed by atoms with Crippen LogP contribution in [0.2, 0.25) is 0 Å². The van der Waals surface area contributed by atoms with Gasteiger partial charge in [-0.05, 0) is 17.0 Å². The summed E-state index contributed by atoms with van der Waals surface area (Å²) in [5.74, 6) is -0.696. The molecule has 0 spiro atoms. The van der Waals surface area contributed by atoms with Gasteiger partial charge in [0.2, 0.25) is 5.91 Å². The fraction of sp³-hybridized carbons (Fsp3) is 0.500. The maximum Gasteiger partial charge on any atom is 0.392 e. The number of nitrogens with one attached hydrogen (secondary N) is 1. The predicted octanol–water partition coefficient (Wildman–Crippen LogP) is 2.74. The highest BCUT2D eigenvalue weighted by Gasteiger charge is 2.34. The molecule has 3 nitrogen and oxygen atoms in total. The lowest BCUT2D eigenvalue weighted by Gasteiger charge is -2.14. The lowest BCUT2D eigenvalue weighted by atomic mass is 10.0. The topological polar surface area (TPSA) is 49.3 Å². The Balaban J connectivity index is 2.54. The zero-order chi connectivity index (χ0) is 15.3. The minimum Gasteiger partial charge on any atom is -0.383 e. The van der Waals surface area contributed by atoms with Crippen LogP contribution in [0.3, 0.4) is 0 Å². The summed E-state index contributed by atoms with van der Waals surface area (Å²) in [6, 6.07) is 7.40. The molecule has 0 saturated carbocycles. The highest BCUT2D eigenvalue weighted by atomic mass is 19.4. The molecule has 1 amide bonds. The fourth-order valence-electron chi connectivity index (χ4n) is 1.68. The molecule has 0 aromatic heterocycles. The van der Waals surface area contributed by atoms with Crippen molar-refractivity contribution in [2.45, 2.75) is 45.0 Å². The van der Waals surface area contributed by atoms with Gasteiger partial charge in [-0.15, -0.1) is 0 Å². The van der Waals surface area contributed by atoms with E-state index in [4.69, 9.17) is 5.11 Å². The normalized spacial score (nSPS) is 13.3. The number of amides is 1. The van der Waals surface area contributed by atoms with E-state index in [1.165, 1.54) is 0 Å². The van der Waals surface area contributed by atoms with Crippen molar-refractivity contribution in [3.05, 3.63) is 35.4 Å². The van der Waals surface area contributed by atoms with E-state index in [1.54, 1.807) is 6.07 Å². The second-order valence-corrected chi connectivity index (χ2v) is 4.95. The summed E-state index contributed by atoms with van der Waals surface area (Å²) in [6.07, 6.45) is -8.16. The van der Waals surface area contributed by atoms with Crippen molar-refractivity contribution < 1.29 is 23.1 Å². The lowest BCUT2D eigenvalue weighted by molar-refractivity contribution is -0.163. The summed E-state index contributed by atoms with van der Waals surface area (Å²) in [6.45, 7) is 4.13. The van der Waals surface area contributed by atoms with Gasteiger partial charge in [-0.3, -0.25) is 4.79 Å². The largest absolute Gasteiger partial charge is 0.392 e. The van der Waals surface area contributed by atoms with E-state index < -0.39 is 24.6 Å². The molecule has 0 heterocycles. The summed E-state index contributed by atoms with van der Waals surface area (Å²) in [5.41, 5.74) is 1.86. The van der Waals surface area contributed by atoms with Gasteiger partial charge in [0.1, 0.15) is 6.10 Å². The van der Waals surface area contributed by atoms with E-state index in [-0.39, 0.29) is 6.54 Å². The van der Waals surface area contributed by atoms with E-state index in [0.717, 1.165) is 11.1 Å². The van der Waals surface area contributed by atoms with Gasteiger partial charge in [0.25, 0.3) is 0 Å². The average Bonchev–Trinajstić information content (AvgIpc) is 2.34. The second-order valence-electron chi connectivity index (χ2n) is 4.95. The number of rotatable bonds is 5. The Morgan fingerprint density at radius 1 is 1.35 bits per heavy atom. The summed E-state index contributed by atoms with van der Waals surface area (Å²) in [7, 11) is 0. The Labute approximate surface area is 115 Å². The molecule has 0 aliphatic rings. The lowest BCUT2D eigenvalue weighted by Crippen LogP contribution is -2.37. The number of carbonyl (C=O) groups excluding carboxylic acids is 1. The standard InChI is InChI=1S/C14H18F3NO2/c1-9(2)11-5-3-4-10(6-11)8-18-13(20)12(19)7-14(15,16)17/h3-6,9,12,19H,7-8H2,1-2H3,(H,18,20). The van der Waals surface area contributed by atoms with E-state index >= 15 is 0 Å². The molecule has 0 radical (unpaired) electrons. The quantitative estimate of drug-likeness (QED) is 0.875. The van der Waals surface area contributed by atoms with Crippen molar-refractivity contribution >= 4 is 5.91 Å². The number of halogens is 3. The van der Waals surface area contributed by atoms with Gasteiger partial charge in [0, 0.05) is 6.54 Å². The van der Waals surface area contributed by atoms with Gasteiger partial charge in [0.05, 0.1) is 6.42 Å². The molecule has 0 saturated heterocycles. The molecule has 0 aliphatic heterocycles. The van der Waals surface area contributed by atoms with E-state index in [9.17, 15) is 18.0 Å². The maximum absolute atomic E-state index is 12.0. The monoisotopic (exact) mass is 289 g/mol. The maximum atomic E-state index is 12.0. The number of carbonyl (C=O) groups is 1. The van der Waals surface area contributed by atoms with Crippen molar-refractivity contribution in [3.8, 4) is 0 Å². The van der Waals surface area contributed by atoms with Crippen molar-refractivity contribution in [3.63, 3.8) is 0 Å². The molecule has 0 aliphatic carbocycles. The van der Waals surface area contributed by atoms with Crippen LogP contribution in [0.5, 0.6) is 0 Å². The second kappa shape index (κ2) is 6.74. The molecular weight excluding hydrogens is 271 g/mol. The van der Waals surface area contributed by atoms with Crippen LogP contribution in [-0.4, -0.2) is 23.3 Å². The van der Waals surface area contributed by atoms with Crippen LogP contribution in [0.1, 0.15) is 37.3 Å². The van der Waals surface area contributed by atoms with Gasteiger partial charge < -0.3 is 10.4 Å². The average molecular weight is 289 g/mol. The minimum absolute atomic E-state index is 0.0916. The van der Waals surface area contributed by atoms with Gasteiger partial charge >= 0.3 is 6.18 Å². The third kappa shape index (κ3) is 5.61. The van der Waals surface area contributed by atoms with Crippen LogP contribution in [0, 0.1) is 0 Å². The Kier molecular flexibility index (Phi) is 5.56. The fourth-order valence-corrected chi connectivity index (χ4v) is 1.68. The molecule has 112 valence electrons. The van der Waals surface area contributed by atoms with Crippen LogP contribution < -0.4 is 5.32 Å². The molecule has 0 bridgehead atoms. The Bertz CT molecular complexity index is 458. The minimum atomic E-state index is -4.56. The third-order valence-corrected chi connectivity index (χ3v) is 2.81. The smallest absolute Gasteiger partial charge is 0.383 e. The molecule has 0 fully saturated rings. The zero-order valence-electron chi connectivity index (χ0n) is 11.4. The number of benzene rings is 1. The van der Waals surface area contributed by atoms with Gasteiger partial charge in [0.15, 0.2) is 0 Å². The molecule has 1 unspecified atom stereocenters. The summed E-state index contributed by atoms with van der Waals surface area (Å²) >= 11 is 0. The van der Waals surface area contributed by atoms with E-state index in [2.05, 4.69) is 5.32 Å². The van der Waals surface area contributed by atoms with Crippen molar-refractivity contribution in [1.29, 1.82) is 0 Å². The van der Waals surface area contributed by atoms with Crippen LogP contribution in [0.15, 0.2) is 24.3 Å². The van der Waals surface area contributed by atoms with E-state index in [1.807, 2.05) is 32.0 Å². The summed E-state index contributed by atoms with van der Waals surface area (Å²) in [4.78, 5) is 11.4. The first-order valence-electron chi connectivity index (χ1n) is 6.30. The number of hydrogen-bond acceptors (Lipinski definition) is 2. The van der Waals surface area contributed by atoms with Gasteiger partial charge in [-0.2, -0.15) is 13.2 Å². The number of alkyl halides is 3. The van der Waals surface area contributed by atoms with E-state index in [0.29, 0.717) is 5.92 Å². The Morgan fingerprint density at radius 2 is 2.00 bits per heavy atom. The van der Waals surface area contributed by atoms with Crippen LogP contribution in [0.4, 0.5) is 13.2 Å². The molecule has 6 heteroatoms. The number of hydrogen-bond donors (Lipinski definition) is 2. The number of aliphatic hydroxyl groups excluding tert-OH is 1. The SMILES string of the molecule is CC(C)c1cccc(CNC(=O)C(O)CC(F)(F)F)c1. The first kappa shape index (κ1) is 16.5. The highest BCUT2D eigenvalue weighted by Crippen LogP contribution is 2.21. The zero-order valence-corrected chi connectivity index (χ0v) is 11.4. The van der Waals surface area contributed by atoms with Crippen LogP contribution in [-0.2, 0) is 11.3 Å². The summed E-state index contributed by atoms with van der Waals surface area (Å²) in [5, 5.41) is 11.4. The molecule has 1 aromatic carbocycles. The van der Waals surface area contributed by atoms with Crippen molar-refractivity contribution in [1.82, 2.24) is 5.32 Å². The van der Waals surface area contributed by atoms with Crippen molar-refractivity contribution in [2.75, 3.05) is 0 Å². The molecule has 1 atom stereocenters. The first-order chi connectivity index (χ1) is 9.19. The van der Waals surface area contributed by atoms with Gasteiger partial charge in [-0.25, -0.2) is 0 Å². The highest BCUT2D eigenvalue weighted by molar-refractivity contribution is 5.80. The first-order valence-corrected chi connectivity index (χ1v) is 6.30. The van der Waals surface area contributed by atoms with Crippen LogP contribution >= 0.6 is 0 Å². The predicted molar refractivity (Wildman–Crippen MR) is 69.1 cm³/mol. The van der Waals surface area contributed by atoms with Gasteiger partial charge in [-0.1, -0.05) is 38.1 Å². The molecular formula is C14H18F3NO2. The third-order valence-electron chi connectivity index (χ3n) is 2.81. The molecule has 20 heavy (non-hydrogen) atoms. The van der Waals surface area contributed by atoms with Crippen LogP contribution in [0.25, 0.3) is 0 Å².